The summed E-state index contributed by atoms with van der Waals surface area (Å²) in [5.41, 5.74) is -0.162. The quantitative estimate of drug-likeness (QED) is 0.607. The summed E-state index contributed by atoms with van der Waals surface area (Å²) in [7, 11) is 0. The number of ketones is 1. The fourth-order valence-corrected chi connectivity index (χ4v) is 1.83. The smallest absolute Gasteiger partial charge is 0.338 e. The van der Waals surface area contributed by atoms with Crippen LogP contribution in [0, 0.1) is 0 Å². The SMILES string of the molecule is CCOC(=O)c1cc(C(Br)C(C)=O)ccc1C(F)F. The Balaban J connectivity index is 3.25. The van der Waals surface area contributed by atoms with Gasteiger partial charge in [-0.2, -0.15) is 0 Å². The van der Waals surface area contributed by atoms with Crippen LogP contribution in [-0.2, 0) is 9.53 Å². The number of ether oxygens (including phenoxy) is 1. The molecule has 0 saturated heterocycles. The van der Waals surface area contributed by atoms with Crippen LogP contribution in [0.25, 0.3) is 0 Å². The number of rotatable bonds is 5. The highest BCUT2D eigenvalue weighted by atomic mass is 79.9. The minimum Gasteiger partial charge on any atom is -0.462 e. The standard InChI is InChI=1S/C13H13BrF2O3/c1-3-19-13(18)10-6-8(11(14)7(2)17)4-5-9(10)12(15)16/h4-6,11-12H,3H2,1-2H3. The van der Waals surface area contributed by atoms with Crippen molar-refractivity contribution in [2.45, 2.75) is 25.1 Å². The zero-order valence-electron chi connectivity index (χ0n) is 10.5. The van der Waals surface area contributed by atoms with Crippen LogP contribution >= 0.6 is 15.9 Å². The van der Waals surface area contributed by atoms with Crippen LogP contribution in [0.4, 0.5) is 8.78 Å². The van der Waals surface area contributed by atoms with Crippen molar-refractivity contribution in [1.29, 1.82) is 0 Å². The zero-order valence-corrected chi connectivity index (χ0v) is 12.0. The van der Waals surface area contributed by atoms with Gasteiger partial charge in [0.05, 0.1) is 17.0 Å². The van der Waals surface area contributed by atoms with Crippen molar-refractivity contribution in [3.63, 3.8) is 0 Å². The molecule has 0 heterocycles. The van der Waals surface area contributed by atoms with Gasteiger partial charge in [0.25, 0.3) is 6.43 Å². The molecular formula is C13H13BrF2O3. The number of carbonyl (C=O) groups is 2. The lowest BCUT2D eigenvalue weighted by atomic mass is 10.0. The number of Topliss-reactive ketones (excluding diaryl/α,β-unsaturated/α-hetero) is 1. The van der Waals surface area contributed by atoms with E-state index in [2.05, 4.69) is 15.9 Å². The molecule has 0 radical (unpaired) electrons. The van der Waals surface area contributed by atoms with Crippen molar-refractivity contribution < 1.29 is 23.1 Å². The van der Waals surface area contributed by atoms with Crippen LogP contribution < -0.4 is 0 Å². The number of hydrogen-bond donors (Lipinski definition) is 0. The topological polar surface area (TPSA) is 43.4 Å². The fraction of sp³-hybridized carbons (Fsp3) is 0.385. The molecule has 0 spiro atoms. The molecule has 1 aromatic carbocycles. The van der Waals surface area contributed by atoms with Crippen molar-refractivity contribution in [2.75, 3.05) is 6.61 Å². The second-order valence-corrected chi connectivity index (χ2v) is 4.76. The van der Waals surface area contributed by atoms with E-state index in [-0.39, 0.29) is 18.0 Å². The van der Waals surface area contributed by atoms with Crippen molar-refractivity contribution in [1.82, 2.24) is 0 Å². The van der Waals surface area contributed by atoms with Gasteiger partial charge in [0.15, 0.2) is 0 Å². The molecule has 3 nitrogen and oxygen atoms in total. The van der Waals surface area contributed by atoms with Crippen molar-refractivity contribution in [2.24, 2.45) is 0 Å². The Hall–Kier alpha value is -1.30. The maximum absolute atomic E-state index is 12.8. The Bertz CT molecular complexity index is 489. The molecule has 0 fully saturated rings. The predicted octanol–water partition coefficient (Wildman–Crippen LogP) is 3.83. The van der Waals surface area contributed by atoms with Crippen LogP contribution in [0.3, 0.4) is 0 Å². The van der Waals surface area contributed by atoms with Crippen LogP contribution in [0.1, 0.15) is 46.6 Å². The summed E-state index contributed by atoms with van der Waals surface area (Å²) >= 11 is 3.15. The summed E-state index contributed by atoms with van der Waals surface area (Å²) < 4.78 is 30.4. The number of carbonyl (C=O) groups excluding carboxylic acids is 2. The Kier molecular flexibility index (Phi) is 5.60. The molecule has 1 aromatic rings. The normalized spacial score (nSPS) is 12.3. The van der Waals surface area contributed by atoms with E-state index in [1.807, 2.05) is 0 Å². The molecule has 0 aromatic heterocycles. The van der Waals surface area contributed by atoms with Crippen LogP contribution in [-0.4, -0.2) is 18.4 Å². The second kappa shape index (κ2) is 6.75. The summed E-state index contributed by atoms with van der Waals surface area (Å²) in [6.45, 7) is 3.05. The molecular weight excluding hydrogens is 322 g/mol. The van der Waals surface area contributed by atoms with E-state index in [1.54, 1.807) is 6.92 Å². The van der Waals surface area contributed by atoms with E-state index in [0.29, 0.717) is 5.56 Å². The van der Waals surface area contributed by atoms with Gasteiger partial charge in [-0.15, -0.1) is 0 Å². The largest absolute Gasteiger partial charge is 0.462 e. The van der Waals surface area contributed by atoms with Crippen LogP contribution in [0.5, 0.6) is 0 Å². The van der Waals surface area contributed by atoms with Gasteiger partial charge in [0.1, 0.15) is 5.78 Å². The van der Waals surface area contributed by atoms with E-state index in [0.717, 1.165) is 6.07 Å². The van der Waals surface area contributed by atoms with Gasteiger partial charge in [-0.05, 0) is 25.5 Å². The minimum atomic E-state index is -2.78. The number of alkyl halides is 3. The first-order valence-electron chi connectivity index (χ1n) is 5.62. The lowest BCUT2D eigenvalue weighted by molar-refractivity contribution is -0.116. The molecule has 6 heteroatoms. The fourth-order valence-electron chi connectivity index (χ4n) is 1.54. The van der Waals surface area contributed by atoms with E-state index in [9.17, 15) is 18.4 Å². The van der Waals surface area contributed by atoms with Crippen molar-refractivity contribution >= 4 is 27.7 Å². The second-order valence-electron chi connectivity index (χ2n) is 3.84. The van der Waals surface area contributed by atoms with Crippen LogP contribution in [0.2, 0.25) is 0 Å². The third-order valence-corrected chi connectivity index (χ3v) is 3.63. The monoisotopic (exact) mass is 334 g/mol. The molecule has 0 amide bonds. The van der Waals surface area contributed by atoms with Gasteiger partial charge < -0.3 is 4.74 Å². The van der Waals surface area contributed by atoms with Gasteiger partial charge in [0.2, 0.25) is 0 Å². The Morgan fingerprint density at radius 3 is 2.47 bits per heavy atom. The van der Waals surface area contributed by atoms with E-state index in [4.69, 9.17) is 4.74 Å². The number of halogens is 3. The van der Waals surface area contributed by atoms with Crippen molar-refractivity contribution in [3.8, 4) is 0 Å². The molecule has 0 saturated carbocycles. The maximum Gasteiger partial charge on any atom is 0.338 e. The summed E-state index contributed by atoms with van der Waals surface area (Å²) in [5, 5.41) is 0. The van der Waals surface area contributed by atoms with E-state index in [1.165, 1.54) is 19.1 Å². The average Bonchev–Trinajstić information content (AvgIpc) is 2.37. The first-order valence-corrected chi connectivity index (χ1v) is 6.53. The number of benzene rings is 1. The van der Waals surface area contributed by atoms with Gasteiger partial charge in [0, 0.05) is 5.56 Å². The number of hydrogen-bond acceptors (Lipinski definition) is 3. The molecule has 0 aliphatic carbocycles. The van der Waals surface area contributed by atoms with E-state index < -0.39 is 22.8 Å². The highest BCUT2D eigenvalue weighted by Gasteiger charge is 2.22. The molecule has 0 aliphatic heterocycles. The highest BCUT2D eigenvalue weighted by molar-refractivity contribution is 9.09. The lowest BCUT2D eigenvalue weighted by Crippen LogP contribution is -2.11. The molecule has 0 aliphatic rings. The molecule has 104 valence electrons. The van der Waals surface area contributed by atoms with E-state index >= 15 is 0 Å². The summed E-state index contributed by atoms with van der Waals surface area (Å²) in [5.74, 6) is -0.998. The molecule has 19 heavy (non-hydrogen) atoms. The van der Waals surface area contributed by atoms with Crippen molar-refractivity contribution in [3.05, 3.63) is 34.9 Å². The highest BCUT2D eigenvalue weighted by Crippen LogP contribution is 2.30. The third-order valence-electron chi connectivity index (χ3n) is 2.46. The van der Waals surface area contributed by atoms with Gasteiger partial charge in [-0.25, -0.2) is 13.6 Å². The number of esters is 1. The summed E-state index contributed by atoms with van der Waals surface area (Å²) in [6.07, 6.45) is -2.78. The van der Waals surface area contributed by atoms with Gasteiger partial charge in [-0.1, -0.05) is 28.1 Å². The summed E-state index contributed by atoms with van der Waals surface area (Å²) in [4.78, 5) is 22.3. The average molecular weight is 335 g/mol. The first-order chi connectivity index (χ1) is 8.88. The minimum absolute atomic E-state index is 0.0934. The maximum atomic E-state index is 12.8. The predicted molar refractivity (Wildman–Crippen MR) is 69.7 cm³/mol. The first kappa shape index (κ1) is 15.8. The molecule has 0 N–H and O–H groups in total. The van der Waals surface area contributed by atoms with Gasteiger partial charge >= 0.3 is 5.97 Å². The molecule has 0 bridgehead atoms. The Labute approximate surface area is 118 Å². The van der Waals surface area contributed by atoms with Crippen LogP contribution in [0.15, 0.2) is 18.2 Å². The molecule has 1 unspecified atom stereocenters. The third kappa shape index (κ3) is 3.83. The zero-order chi connectivity index (χ0) is 14.6. The molecule has 1 atom stereocenters. The Morgan fingerprint density at radius 1 is 1.37 bits per heavy atom. The lowest BCUT2D eigenvalue weighted by Gasteiger charge is -2.12. The summed E-state index contributed by atoms with van der Waals surface area (Å²) in [6, 6.07) is 3.80. The van der Waals surface area contributed by atoms with Gasteiger partial charge in [-0.3, -0.25) is 4.79 Å². The molecule has 1 rings (SSSR count). The Morgan fingerprint density at radius 2 is 2.00 bits per heavy atom.